The molecule has 14 heavy (non-hydrogen) atoms. The van der Waals surface area contributed by atoms with E-state index in [4.69, 9.17) is 0 Å². The molecule has 0 aliphatic rings. The van der Waals surface area contributed by atoms with Crippen molar-refractivity contribution in [3.05, 3.63) is 43.4 Å². The molecule has 2 aromatic heterocycles. The van der Waals surface area contributed by atoms with E-state index in [1.807, 2.05) is 18.2 Å². The van der Waals surface area contributed by atoms with Gasteiger partial charge in [-0.05, 0) is 12.1 Å². The van der Waals surface area contributed by atoms with Crippen molar-refractivity contribution in [3.8, 4) is 11.5 Å². The van der Waals surface area contributed by atoms with E-state index < -0.39 is 0 Å². The Morgan fingerprint density at radius 2 is 2.29 bits per heavy atom. The Balaban J connectivity index is 2.29. The molecule has 0 unspecified atom stereocenters. The van der Waals surface area contributed by atoms with Crippen LogP contribution in [0.5, 0.6) is 0 Å². The van der Waals surface area contributed by atoms with Crippen molar-refractivity contribution in [3.63, 3.8) is 0 Å². The van der Waals surface area contributed by atoms with Gasteiger partial charge in [-0.1, -0.05) is 12.1 Å². The molecule has 0 bridgehead atoms. The van der Waals surface area contributed by atoms with Crippen LogP contribution in [0.3, 0.4) is 0 Å². The third-order valence-corrected chi connectivity index (χ3v) is 1.75. The van der Waals surface area contributed by atoms with E-state index in [0.717, 1.165) is 5.69 Å². The van der Waals surface area contributed by atoms with Gasteiger partial charge in [0.15, 0.2) is 5.82 Å². The average molecular weight is 186 g/mol. The van der Waals surface area contributed by atoms with Gasteiger partial charge in [-0.3, -0.25) is 4.98 Å². The predicted molar refractivity (Wildman–Crippen MR) is 53.5 cm³/mol. The normalized spacial score (nSPS) is 10.0. The zero-order valence-electron chi connectivity index (χ0n) is 7.67. The molecule has 4 heteroatoms. The van der Waals surface area contributed by atoms with Gasteiger partial charge in [-0.15, -0.1) is 11.7 Å². The minimum Gasteiger partial charge on any atom is -0.253 e. The highest BCUT2D eigenvalue weighted by Gasteiger charge is 2.02. The molecule has 2 aromatic rings. The summed E-state index contributed by atoms with van der Waals surface area (Å²) in [7, 11) is 0. The van der Waals surface area contributed by atoms with Crippen LogP contribution in [0.4, 0.5) is 0 Å². The molecule has 2 rings (SSSR count). The highest BCUT2D eigenvalue weighted by atomic mass is 15.3. The van der Waals surface area contributed by atoms with Crippen LogP contribution < -0.4 is 0 Å². The van der Waals surface area contributed by atoms with Crippen molar-refractivity contribution in [1.82, 2.24) is 19.7 Å². The van der Waals surface area contributed by atoms with Crippen LogP contribution in [0.15, 0.2) is 43.4 Å². The molecule has 2 heterocycles. The van der Waals surface area contributed by atoms with E-state index in [-0.39, 0.29) is 0 Å². The van der Waals surface area contributed by atoms with Crippen molar-refractivity contribution in [2.75, 3.05) is 0 Å². The maximum absolute atomic E-state index is 4.24. The first-order valence-electron chi connectivity index (χ1n) is 4.32. The summed E-state index contributed by atoms with van der Waals surface area (Å²) in [6, 6.07) is 5.66. The highest BCUT2D eigenvalue weighted by Crippen LogP contribution is 2.08. The van der Waals surface area contributed by atoms with E-state index in [1.165, 1.54) is 0 Å². The zero-order valence-corrected chi connectivity index (χ0v) is 7.67. The van der Waals surface area contributed by atoms with Gasteiger partial charge in [-0.2, -0.15) is 0 Å². The molecule has 0 atom stereocenters. The van der Waals surface area contributed by atoms with Gasteiger partial charge >= 0.3 is 0 Å². The molecule has 0 saturated heterocycles. The molecule has 0 spiro atoms. The summed E-state index contributed by atoms with van der Waals surface area (Å²) in [5.74, 6) is 0.646. The summed E-state index contributed by atoms with van der Waals surface area (Å²) in [4.78, 5) is 8.30. The lowest BCUT2D eigenvalue weighted by Crippen LogP contribution is -1.95. The van der Waals surface area contributed by atoms with E-state index in [1.54, 1.807) is 23.3 Å². The first-order valence-corrected chi connectivity index (χ1v) is 4.32. The van der Waals surface area contributed by atoms with Gasteiger partial charge < -0.3 is 0 Å². The Morgan fingerprint density at radius 3 is 3.00 bits per heavy atom. The number of pyridine rings is 1. The Bertz CT molecular complexity index is 419. The van der Waals surface area contributed by atoms with Gasteiger partial charge in [0.2, 0.25) is 0 Å². The van der Waals surface area contributed by atoms with Crippen molar-refractivity contribution < 1.29 is 0 Å². The molecule has 4 nitrogen and oxygen atoms in total. The van der Waals surface area contributed by atoms with Crippen molar-refractivity contribution in [1.29, 1.82) is 0 Å². The fraction of sp³-hybridized carbons (Fsp3) is 0.100. The molecule has 70 valence electrons. The molecule has 0 fully saturated rings. The van der Waals surface area contributed by atoms with E-state index in [9.17, 15) is 0 Å². The highest BCUT2D eigenvalue weighted by molar-refractivity contribution is 5.46. The Morgan fingerprint density at radius 1 is 1.36 bits per heavy atom. The SMILES string of the molecule is C=CCn1cnc(-c2ccccn2)n1. The van der Waals surface area contributed by atoms with E-state index in [0.29, 0.717) is 12.4 Å². The Kier molecular flexibility index (Phi) is 2.36. The number of rotatable bonds is 3. The smallest absolute Gasteiger partial charge is 0.199 e. The molecular weight excluding hydrogens is 176 g/mol. The van der Waals surface area contributed by atoms with Crippen molar-refractivity contribution in [2.45, 2.75) is 6.54 Å². The van der Waals surface area contributed by atoms with Crippen LogP contribution in [-0.4, -0.2) is 19.7 Å². The fourth-order valence-corrected chi connectivity index (χ4v) is 1.13. The second kappa shape index (κ2) is 3.83. The Labute approximate surface area is 81.9 Å². The van der Waals surface area contributed by atoms with Crippen LogP contribution in [0.1, 0.15) is 0 Å². The van der Waals surface area contributed by atoms with Gasteiger partial charge in [0.1, 0.15) is 12.0 Å². The van der Waals surface area contributed by atoms with Crippen LogP contribution in [0.2, 0.25) is 0 Å². The number of allylic oxidation sites excluding steroid dienone is 1. The van der Waals surface area contributed by atoms with Crippen molar-refractivity contribution >= 4 is 0 Å². The summed E-state index contributed by atoms with van der Waals surface area (Å²) in [6.45, 7) is 4.30. The Hall–Kier alpha value is -1.97. The lowest BCUT2D eigenvalue weighted by molar-refractivity contribution is 0.702. The second-order valence-corrected chi connectivity index (χ2v) is 2.79. The van der Waals surface area contributed by atoms with E-state index in [2.05, 4.69) is 21.6 Å². The molecule has 0 aliphatic carbocycles. The summed E-state index contributed by atoms with van der Waals surface area (Å²) in [5, 5.41) is 4.24. The topological polar surface area (TPSA) is 43.6 Å². The van der Waals surface area contributed by atoms with Crippen LogP contribution in [0, 0.1) is 0 Å². The first-order chi connectivity index (χ1) is 6.90. The number of hydrogen-bond donors (Lipinski definition) is 0. The van der Waals surface area contributed by atoms with Crippen LogP contribution >= 0.6 is 0 Å². The summed E-state index contributed by atoms with van der Waals surface area (Å²) < 4.78 is 1.72. The fourth-order valence-electron chi connectivity index (χ4n) is 1.13. The van der Waals surface area contributed by atoms with Gasteiger partial charge in [-0.25, -0.2) is 9.67 Å². The van der Waals surface area contributed by atoms with E-state index >= 15 is 0 Å². The number of hydrogen-bond acceptors (Lipinski definition) is 3. The first kappa shape index (κ1) is 8.62. The van der Waals surface area contributed by atoms with Crippen molar-refractivity contribution in [2.24, 2.45) is 0 Å². The van der Waals surface area contributed by atoms with Crippen LogP contribution in [-0.2, 0) is 6.54 Å². The van der Waals surface area contributed by atoms with Gasteiger partial charge in [0.25, 0.3) is 0 Å². The minimum atomic E-state index is 0.646. The lowest BCUT2D eigenvalue weighted by atomic mass is 10.3. The summed E-state index contributed by atoms with van der Waals surface area (Å²) in [6.07, 6.45) is 5.17. The summed E-state index contributed by atoms with van der Waals surface area (Å²) in [5.41, 5.74) is 0.787. The zero-order chi connectivity index (χ0) is 9.80. The van der Waals surface area contributed by atoms with Gasteiger partial charge in [0.05, 0.1) is 6.54 Å². The maximum Gasteiger partial charge on any atom is 0.199 e. The number of aromatic nitrogens is 4. The molecule has 0 radical (unpaired) electrons. The monoisotopic (exact) mass is 186 g/mol. The molecular formula is C10H10N4. The minimum absolute atomic E-state index is 0.646. The summed E-state index contributed by atoms with van der Waals surface area (Å²) >= 11 is 0. The third-order valence-electron chi connectivity index (χ3n) is 1.75. The van der Waals surface area contributed by atoms with Crippen LogP contribution in [0.25, 0.3) is 11.5 Å². The number of nitrogens with zero attached hydrogens (tertiary/aromatic N) is 4. The largest absolute Gasteiger partial charge is 0.253 e. The average Bonchev–Trinajstić information content (AvgIpc) is 2.68. The lowest BCUT2D eigenvalue weighted by Gasteiger charge is -1.92. The third kappa shape index (κ3) is 1.69. The predicted octanol–water partition coefficient (Wildman–Crippen LogP) is 1.53. The molecule has 0 N–H and O–H groups in total. The molecule has 0 aromatic carbocycles. The molecule has 0 amide bonds. The molecule has 0 saturated carbocycles. The van der Waals surface area contributed by atoms with Gasteiger partial charge in [0, 0.05) is 6.20 Å². The quantitative estimate of drug-likeness (QED) is 0.683. The molecule has 0 aliphatic heterocycles. The standard InChI is InChI=1S/C10H10N4/c1-2-7-14-8-12-10(13-14)9-5-3-4-6-11-9/h2-6,8H,1,7H2. The second-order valence-electron chi connectivity index (χ2n) is 2.79. The maximum atomic E-state index is 4.24.